The van der Waals surface area contributed by atoms with Gasteiger partial charge in [-0.2, -0.15) is 13.2 Å². The number of benzene rings is 4. The molecule has 0 heterocycles. The first-order valence-corrected chi connectivity index (χ1v) is 10.4. The van der Waals surface area contributed by atoms with Crippen LogP contribution in [-0.2, 0) is 12.6 Å². The molecule has 4 heteroatoms. The Balaban J connectivity index is 1.65. The van der Waals surface area contributed by atoms with E-state index in [0.29, 0.717) is 10.9 Å². The van der Waals surface area contributed by atoms with Crippen molar-refractivity contribution in [1.29, 1.82) is 0 Å². The minimum absolute atomic E-state index is 0.286. The van der Waals surface area contributed by atoms with Crippen LogP contribution >= 0.6 is 0 Å². The summed E-state index contributed by atoms with van der Waals surface area (Å²) < 4.78 is 53.5. The number of aryl methyl sites for hydroxylation is 1. The highest BCUT2D eigenvalue weighted by atomic mass is 19.4. The van der Waals surface area contributed by atoms with Gasteiger partial charge in [0, 0.05) is 10.9 Å². The Labute approximate surface area is 179 Å². The fourth-order valence-corrected chi connectivity index (χ4v) is 3.78. The predicted octanol–water partition coefficient (Wildman–Crippen LogP) is 8.67. The van der Waals surface area contributed by atoms with E-state index in [9.17, 15) is 13.2 Å². The molecule has 0 atom stereocenters. The molecule has 0 N–H and O–H groups in total. The quantitative estimate of drug-likeness (QED) is 0.282. The summed E-state index contributed by atoms with van der Waals surface area (Å²) in [6, 6.07) is 22.0. The summed E-state index contributed by atoms with van der Waals surface area (Å²) in [5.41, 5.74) is 3.32. The largest absolute Gasteiger partial charge is 0.416 e. The Morgan fingerprint density at radius 3 is 2.00 bits per heavy atom. The van der Waals surface area contributed by atoms with E-state index in [-0.39, 0.29) is 5.56 Å². The van der Waals surface area contributed by atoms with E-state index < -0.39 is 17.6 Å². The number of fused-ring (bicyclic) bond motifs is 1. The average Bonchev–Trinajstić information content (AvgIpc) is 2.77. The van der Waals surface area contributed by atoms with Crippen molar-refractivity contribution in [2.45, 2.75) is 32.4 Å². The van der Waals surface area contributed by atoms with Crippen molar-refractivity contribution in [3.63, 3.8) is 0 Å². The number of halogens is 4. The maximum absolute atomic E-state index is 15.2. The van der Waals surface area contributed by atoms with E-state index in [1.807, 2.05) is 18.2 Å². The van der Waals surface area contributed by atoms with Crippen LogP contribution in [0.3, 0.4) is 0 Å². The van der Waals surface area contributed by atoms with E-state index in [1.54, 1.807) is 12.1 Å². The fraction of sp³-hybridized carbons (Fsp3) is 0.185. The summed E-state index contributed by atoms with van der Waals surface area (Å²) in [7, 11) is 0. The molecule has 0 amide bonds. The van der Waals surface area contributed by atoms with Crippen molar-refractivity contribution >= 4 is 10.8 Å². The zero-order valence-electron chi connectivity index (χ0n) is 17.1. The van der Waals surface area contributed by atoms with Gasteiger partial charge in [0.2, 0.25) is 0 Å². The highest BCUT2D eigenvalue weighted by molar-refractivity contribution is 5.91. The first kappa shape index (κ1) is 21.1. The lowest BCUT2D eigenvalue weighted by Gasteiger charge is -2.11. The molecule has 0 aliphatic rings. The Morgan fingerprint density at radius 1 is 0.710 bits per heavy atom. The fourth-order valence-electron chi connectivity index (χ4n) is 3.78. The molecular weight excluding hydrogens is 400 g/mol. The third-order valence-corrected chi connectivity index (χ3v) is 5.58. The van der Waals surface area contributed by atoms with Crippen LogP contribution in [0.4, 0.5) is 17.6 Å². The maximum Gasteiger partial charge on any atom is 0.416 e. The van der Waals surface area contributed by atoms with Gasteiger partial charge in [-0.05, 0) is 58.7 Å². The van der Waals surface area contributed by atoms with Gasteiger partial charge >= 0.3 is 6.18 Å². The number of hydrogen-bond donors (Lipinski definition) is 0. The Morgan fingerprint density at radius 2 is 1.35 bits per heavy atom. The van der Waals surface area contributed by atoms with Gasteiger partial charge in [0.25, 0.3) is 0 Å². The van der Waals surface area contributed by atoms with Crippen LogP contribution in [0.25, 0.3) is 33.0 Å². The molecule has 0 aliphatic heterocycles. The summed E-state index contributed by atoms with van der Waals surface area (Å²) >= 11 is 0. The van der Waals surface area contributed by atoms with Gasteiger partial charge < -0.3 is 0 Å². The van der Waals surface area contributed by atoms with Crippen LogP contribution in [0.2, 0.25) is 0 Å². The second-order valence-corrected chi connectivity index (χ2v) is 7.74. The van der Waals surface area contributed by atoms with Crippen LogP contribution in [0.1, 0.15) is 30.9 Å². The van der Waals surface area contributed by atoms with Gasteiger partial charge in [0.15, 0.2) is 0 Å². The van der Waals surface area contributed by atoms with E-state index in [4.69, 9.17) is 0 Å². The zero-order chi connectivity index (χ0) is 22.0. The number of hydrogen-bond acceptors (Lipinski definition) is 0. The summed E-state index contributed by atoms with van der Waals surface area (Å²) in [6.07, 6.45) is -1.03. The SMILES string of the molecule is CCCCc1ccc(-c2ccc3c(F)c(-c4ccc(C(F)(F)F)cc4)ccc3c2)cc1. The minimum atomic E-state index is -4.41. The van der Waals surface area contributed by atoms with Crippen molar-refractivity contribution in [1.82, 2.24) is 0 Å². The van der Waals surface area contributed by atoms with E-state index in [1.165, 1.54) is 17.7 Å². The standard InChI is InChI=1S/C27H22F4/c1-2-3-4-18-5-7-19(8-6-18)21-11-15-25-22(17-21)12-16-24(26(25)28)20-9-13-23(14-10-20)27(29,30)31/h5-17H,2-4H2,1H3. The molecule has 0 saturated carbocycles. The maximum atomic E-state index is 15.2. The Hall–Kier alpha value is -3.14. The summed E-state index contributed by atoms with van der Waals surface area (Å²) in [5, 5.41) is 1.20. The molecule has 31 heavy (non-hydrogen) atoms. The van der Waals surface area contributed by atoms with Crippen LogP contribution in [0.15, 0.2) is 78.9 Å². The van der Waals surface area contributed by atoms with Gasteiger partial charge in [0.1, 0.15) is 5.82 Å². The molecular formula is C27H22F4. The zero-order valence-corrected chi connectivity index (χ0v) is 17.1. The van der Waals surface area contributed by atoms with Crippen molar-refractivity contribution in [2.24, 2.45) is 0 Å². The van der Waals surface area contributed by atoms with Crippen LogP contribution in [0, 0.1) is 5.82 Å². The predicted molar refractivity (Wildman–Crippen MR) is 118 cm³/mol. The smallest absolute Gasteiger partial charge is 0.206 e. The topological polar surface area (TPSA) is 0 Å². The molecule has 0 spiro atoms. The first-order chi connectivity index (χ1) is 14.9. The summed E-state index contributed by atoms with van der Waals surface area (Å²) in [6.45, 7) is 2.17. The molecule has 0 aliphatic carbocycles. The Bertz CT molecular complexity index is 1190. The van der Waals surface area contributed by atoms with Crippen LogP contribution < -0.4 is 0 Å². The molecule has 0 unspecified atom stereocenters. The normalized spacial score (nSPS) is 11.8. The molecule has 0 radical (unpaired) electrons. The highest BCUT2D eigenvalue weighted by Crippen LogP contribution is 2.34. The van der Waals surface area contributed by atoms with Gasteiger partial charge in [-0.15, -0.1) is 0 Å². The second kappa shape index (κ2) is 8.54. The number of alkyl halides is 3. The van der Waals surface area contributed by atoms with E-state index in [0.717, 1.165) is 47.9 Å². The lowest BCUT2D eigenvalue weighted by molar-refractivity contribution is -0.137. The third-order valence-electron chi connectivity index (χ3n) is 5.58. The number of unbranched alkanes of at least 4 members (excludes halogenated alkanes) is 1. The lowest BCUT2D eigenvalue weighted by Crippen LogP contribution is -2.04. The number of rotatable bonds is 5. The van der Waals surface area contributed by atoms with Crippen molar-refractivity contribution in [3.8, 4) is 22.3 Å². The molecule has 4 aromatic carbocycles. The minimum Gasteiger partial charge on any atom is -0.206 e. The summed E-state index contributed by atoms with van der Waals surface area (Å²) in [5.74, 6) is -0.432. The van der Waals surface area contributed by atoms with Crippen LogP contribution in [0.5, 0.6) is 0 Å². The monoisotopic (exact) mass is 422 g/mol. The molecule has 0 nitrogen and oxygen atoms in total. The average molecular weight is 422 g/mol. The first-order valence-electron chi connectivity index (χ1n) is 10.4. The van der Waals surface area contributed by atoms with Gasteiger partial charge in [-0.1, -0.05) is 74.0 Å². The molecule has 0 bridgehead atoms. The van der Waals surface area contributed by atoms with E-state index in [2.05, 4.69) is 31.2 Å². The molecule has 0 aromatic heterocycles. The molecule has 4 rings (SSSR count). The lowest BCUT2D eigenvalue weighted by atomic mass is 9.96. The van der Waals surface area contributed by atoms with Gasteiger partial charge in [-0.25, -0.2) is 4.39 Å². The van der Waals surface area contributed by atoms with E-state index >= 15 is 4.39 Å². The Kier molecular flexibility index (Phi) is 5.81. The summed E-state index contributed by atoms with van der Waals surface area (Å²) in [4.78, 5) is 0. The van der Waals surface area contributed by atoms with Crippen molar-refractivity contribution < 1.29 is 17.6 Å². The van der Waals surface area contributed by atoms with Crippen molar-refractivity contribution in [3.05, 3.63) is 95.8 Å². The second-order valence-electron chi connectivity index (χ2n) is 7.74. The van der Waals surface area contributed by atoms with Crippen LogP contribution in [-0.4, -0.2) is 0 Å². The molecule has 4 aromatic rings. The molecule has 158 valence electrons. The molecule has 0 saturated heterocycles. The van der Waals surface area contributed by atoms with Gasteiger partial charge in [-0.3, -0.25) is 0 Å². The van der Waals surface area contributed by atoms with Crippen molar-refractivity contribution in [2.75, 3.05) is 0 Å². The molecule has 0 fully saturated rings. The highest BCUT2D eigenvalue weighted by Gasteiger charge is 2.30. The third kappa shape index (κ3) is 4.48. The van der Waals surface area contributed by atoms with Gasteiger partial charge in [0.05, 0.1) is 5.56 Å².